The van der Waals surface area contributed by atoms with Gasteiger partial charge in [-0.3, -0.25) is 0 Å². The van der Waals surface area contributed by atoms with Gasteiger partial charge in [0.05, 0.1) is 0 Å². The van der Waals surface area contributed by atoms with Crippen molar-refractivity contribution < 1.29 is 21.6 Å². The van der Waals surface area contributed by atoms with Gasteiger partial charge < -0.3 is 5.32 Å². The second kappa shape index (κ2) is 7.44. The highest BCUT2D eigenvalue weighted by Crippen LogP contribution is 2.20. The van der Waals surface area contributed by atoms with Gasteiger partial charge >= 0.3 is 0 Å². The number of sulfonamides is 1. The first-order valence-corrected chi connectivity index (χ1v) is 7.73. The summed E-state index contributed by atoms with van der Waals surface area (Å²) in [5, 5.41) is 3.14. The molecule has 1 unspecified atom stereocenters. The molecule has 1 heterocycles. The van der Waals surface area contributed by atoms with E-state index in [2.05, 4.69) is 10.0 Å². The maximum atomic E-state index is 13.4. The second-order valence-corrected chi connectivity index (χ2v) is 6.45. The third-order valence-electron chi connectivity index (χ3n) is 3.24. The molecule has 2 rings (SSSR count). The van der Waals surface area contributed by atoms with Crippen molar-refractivity contribution in [1.29, 1.82) is 0 Å². The van der Waals surface area contributed by atoms with Crippen LogP contribution in [0.25, 0.3) is 0 Å². The first kappa shape index (κ1) is 18.2. The first-order chi connectivity index (χ1) is 9.40. The highest BCUT2D eigenvalue weighted by Gasteiger charge is 2.25. The number of rotatable bonds is 5. The standard InChI is InChI=1S/C12H15F3N2O2S.ClH/c13-9-5-10(14)12(11(15)6-9)20(18,19)17-4-2-8-1-3-16-7-8;/h5-6,8,16-17H,1-4,7H2;1H. The predicted molar refractivity (Wildman–Crippen MR) is 74.3 cm³/mol. The van der Waals surface area contributed by atoms with Crippen LogP contribution in [-0.2, 0) is 10.0 Å². The summed E-state index contributed by atoms with van der Waals surface area (Å²) in [6, 6.07) is 0.692. The molecular weight excluding hydrogens is 329 g/mol. The van der Waals surface area contributed by atoms with Crippen molar-refractivity contribution in [2.75, 3.05) is 19.6 Å². The molecule has 0 radical (unpaired) electrons. The van der Waals surface area contributed by atoms with Crippen LogP contribution in [0.15, 0.2) is 17.0 Å². The van der Waals surface area contributed by atoms with Crippen LogP contribution in [0.1, 0.15) is 12.8 Å². The summed E-state index contributed by atoms with van der Waals surface area (Å²) < 4.78 is 65.4. The van der Waals surface area contributed by atoms with E-state index in [-0.39, 0.29) is 19.0 Å². The van der Waals surface area contributed by atoms with Gasteiger partial charge in [0.2, 0.25) is 10.0 Å². The van der Waals surface area contributed by atoms with Crippen molar-refractivity contribution in [3.05, 3.63) is 29.6 Å². The van der Waals surface area contributed by atoms with Crippen molar-refractivity contribution in [3.8, 4) is 0 Å². The van der Waals surface area contributed by atoms with Crippen LogP contribution in [0.5, 0.6) is 0 Å². The minimum atomic E-state index is -4.32. The summed E-state index contributed by atoms with van der Waals surface area (Å²) in [6.07, 6.45) is 1.53. The lowest BCUT2D eigenvalue weighted by molar-refractivity contribution is 0.488. The van der Waals surface area contributed by atoms with E-state index in [0.29, 0.717) is 24.5 Å². The molecule has 1 aromatic carbocycles. The first-order valence-electron chi connectivity index (χ1n) is 6.25. The Morgan fingerprint density at radius 2 is 1.86 bits per heavy atom. The Balaban J connectivity index is 0.00000220. The maximum absolute atomic E-state index is 13.4. The normalized spacial score (nSPS) is 18.5. The van der Waals surface area contributed by atoms with E-state index in [4.69, 9.17) is 0 Å². The van der Waals surface area contributed by atoms with Gasteiger partial charge in [-0.1, -0.05) is 0 Å². The molecule has 1 fully saturated rings. The summed E-state index contributed by atoms with van der Waals surface area (Å²) in [5.74, 6) is -3.67. The van der Waals surface area contributed by atoms with E-state index in [9.17, 15) is 21.6 Å². The number of benzene rings is 1. The van der Waals surface area contributed by atoms with Gasteiger partial charge in [0.15, 0.2) is 4.90 Å². The van der Waals surface area contributed by atoms with Crippen LogP contribution in [0.4, 0.5) is 13.2 Å². The average molecular weight is 345 g/mol. The molecule has 21 heavy (non-hydrogen) atoms. The molecule has 0 aromatic heterocycles. The summed E-state index contributed by atoms with van der Waals surface area (Å²) in [5.41, 5.74) is 0. The van der Waals surface area contributed by atoms with E-state index >= 15 is 0 Å². The lowest BCUT2D eigenvalue weighted by atomic mass is 10.1. The SMILES string of the molecule is Cl.O=S(=O)(NCCC1CCNC1)c1c(F)cc(F)cc1F. The van der Waals surface area contributed by atoms with Crippen molar-refractivity contribution in [2.24, 2.45) is 5.92 Å². The van der Waals surface area contributed by atoms with Crippen molar-refractivity contribution in [2.45, 2.75) is 17.7 Å². The summed E-state index contributed by atoms with van der Waals surface area (Å²) in [6.45, 7) is 1.78. The Morgan fingerprint density at radius 1 is 1.24 bits per heavy atom. The molecule has 1 aromatic rings. The van der Waals surface area contributed by atoms with Crippen LogP contribution in [-0.4, -0.2) is 28.1 Å². The third kappa shape index (κ3) is 4.57. The van der Waals surface area contributed by atoms with Crippen LogP contribution >= 0.6 is 12.4 Å². The monoisotopic (exact) mass is 344 g/mol. The Labute approximate surface area is 127 Å². The van der Waals surface area contributed by atoms with Crippen molar-refractivity contribution in [3.63, 3.8) is 0 Å². The zero-order valence-corrected chi connectivity index (χ0v) is 12.7. The molecule has 1 aliphatic rings. The molecule has 0 bridgehead atoms. The number of nitrogens with one attached hydrogen (secondary N) is 2. The largest absolute Gasteiger partial charge is 0.316 e. The van der Waals surface area contributed by atoms with Gasteiger partial charge in [-0.2, -0.15) is 0 Å². The molecule has 2 N–H and O–H groups in total. The van der Waals surface area contributed by atoms with E-state index in [0.717, 1.165) is 19.5 Å². The minimum absolute atomic E-state index is 0. The summed E-state index contributed by atoms with van der Waals surface area (Å²) in [4.78, 5) is -1.14. The highest BCUT2D eigenvalue weighted by atomic mass is 35.5. The zero-order valence-electron chi connectivity index (χ0n) is 11.0. The van der Waals surface area contributed by atoms with Crippen molar-refractivity contribution in [1.82, 2.24) is 10.0 Å². The Kier molecular flexibility index (Phi) is 6.45. The van der Waals surface area contributed by atoms with Gasteiger partial charge in [-0.05, 0) is 31.8 Å². The molecule has 1 saturated heterocycles. The van der Waals surface area contributed by atoms with Crippen LogP contribution in [0, 0.1) is 23.4 Å². The average Bonchev–Trinajstić information content (AvgIpc) is 2.79. The Bertz CT molecular complexity index is 569. The quantitative estimate of drug-likeness (QED) is 0.856. The number of hydrogen-bond acceptors (Lipinski definition) is 3. The minimum Gasteiger partial charge on any atom is -0.316 e. The Morgan fingerprint density at radius 3 is 2.38 bits per heavy atom. The number of hydrogen-bond donors (Lipinski definition) is 2. The fourth-order valence-electron chi connectivity index (χ4n) is 2.22. The maximum Gasteiger partial charge on any atom is 0.246 e. The molecule has 0 saturated carbocycles. The second-order valence-electron chi connectivity index (χ2n) is 4.74. The van der Waals surface area contributed by atoms with Crippen molar-refractivity contribution >= 4 is 22.4 Å². The fourth-order valence-corrected chi connectivity index (χ4v) is 3.38. The predicted octanol–water partition coefficient (Wildman–Crippen LogP) is 1.80. The summed E-state index contributed by atoms with van der Waals surface area (Å²) >= 11 is 0. The molecule has 9 heteroatoms. The third-order valence-corrected chi connectivity index (χ3v) is 4.75. The fraction of sp³-hybridized carbons (Fsp3) is 0.500. The summed E-state index contributed by atoms with van der Waals surface area (Å²) in [7, 11) is -4.32. The topological polar surface area (TPSA) is 58.2 Å². The molecule has 1 atom stereocenters. The van der Waals surface area contributed by atoms with Gasteiger partial charge in [0.1, 0.15) is 17.5 Å². The molecular formula is C12H16ClF3N2O2S. The molecule has 0 spiro atoms. The van der Waals surface area contributed by atoms with E-state index in [1.165, 1.54) is 0 Å². The lowest BCUT2D eigenvalue weighted by Crippen LogP contribution is -2.28. The molecule has 4 nitrogen and oxygen atoms in total. The molecule has 1 aliphatic heterocycles. The molecule has 0 aliphatic carbocycles. The Hall–Kier alpha value is -0.830. The molecule has 120 valence electrons. The van der Waals surface area contributed by atoms with E-state index < -0.39 is 32.4 Å². The van der Waals surface area contributed by atoms with Crippen LogP contribution < -0.4 is 10.0 Å². The van der Waals surface area contributed by atoms with Gasteiger partial charge in [0, 0.05) is 18.7 Å². The van der Waals surface area contributed by atoms with Gasteiger partial charge in [0.25, 0.3) is 0 Å². The van der Waals surface area contributed by atoms with Gasteiger partial charge in [-0.25, -0.2) is 26.3 Å². The number of halogens is 4. The van der Waals surface area contributed by atoms with E-state index in [1.807, 2.05) is 0 Å². The zero-order chi connectivity index (χ0) is 14.8. The smallest absolute Gasteiger partial charge is 0.246 e. The lowest BCUT2D eigenvalue weighted by Gasteiger charge is -2.11. The van der Waals surface area contributed by atoms with Crippen LogP contribution in [0.3, 0.4) is 0 Å². The van der Waals surface area contributed by atoms with E-state index in [1.54, 1.807) is 0 Å². The highest BCUT2D eigenvalue weighted by molar-refractivity contribution is 7.89. The van der Waals surface area contributed by atoms with Crippen LogP contribution in [0.2, 0.25) is 0 Å². The van der Waals surface area contributed by atoms with Gasteiger partial charge in [-0.15, -0.1) is 12.4 Å². The molecule has 0 amide bonds.